The average Bonchev–Trinajstić information content (AvgIpc) is 2.51. The zero-order valence-electron chi connectivity index (χ0n) is 6.95. The molecule has 0 atom stereocenters. The number of nitrogens with one attached hydrogen (secondary N) is 1. The van der Waals surface area contributed by atoms with Crippen LogP contribution in [-0.2, 0) is 0 Å². The van der Waals surface area contributed by atoms with Gasteiger partial charge in [0.2, 0.25) is 0 Å². The molecule has 4 nitrogen and oxygen atoms in total. The van der Waals surface area contributed by atoms with Crippen molar-refractivity contribution in [3.05, 3.63) is 23.5 Å². The van der Waals surface area contributed by atoms with Gasteiger partial charge in [0.15, 0.2) is 17.1 Å². The summed E-state index contributed by atoms with van der Waals surface area (Å²) in [7, 11) is 0. The van der Waals surface area contributed by atoms with Crippen molar-refractivity contribution in [1.82, 2.24) is 4.98 Å². The summed E-state index contributed by atoms with van der Waals surface area (Å²) >= 11 is 10.6. The summed E-state index contributed by atoms with van der Waals surface area (Å²) in [4.78, 5) is 3.96. The number of rotatable bonds is 1. The highest BCUT2D eigenvalue weighted by atomic mass is 35.5. The number of halogens is 1. The number of benzene rings is 1. The van der Waals surface area contributed by atoms with Crippen molar-refractivity contribution in [2.75, 3.05) is 5.32 Å². The minimum Gasteiger partial charge on any atom is -0.443 e. The number of aromatic nitrogens is 1. The maximum Gasteiger partial charge on any atom is 0.181 e. The number of thiocarbonyl (C=S) groups is 1. The predicted molar refractivity (Wildman–Crippen MR) is 59.4 cm³/mol. The summed E-state index contributed by atoms with van der Waals surface area (Å²) in [5, 5.41) is 3.40. The van der Waals surface area contributed by atoms with Crippen LogP contribution in [0.1, 0.15) is 0 Å². The Hall–Kier alpha value is -1.33. The molecule has 0 amide bonds. The van der Waals surface area contributed by atoms with Crippen LogP contribution in [0.2, 0.25) is 5.02 Å². The first kappa shape index (κ1) is 9.23. The van der Waals surface area contributed by atoms with Crippen LogP contribution in [0.25, 0.3) is 11.1 Å². The Labute approximate surface area is 90.0 Å². The van der Waals surface area contributed by atoms with Gasteiger partial charge in [0.1, 0.15) is 5.52 Å². The quantitative estimate of drug-likeness (QED) is 0.731. The van der Waals surface area contributed by atoms with E-state index < -0.39 is 0 Å². The first-order valence-corrected chi connectivity index (χ1v) is 4.54. The van der Waals surface area contributed by atoms with Gasteiger partial charge in [-0.15, -0.1) is 0 Å². The monoisotopic (exact) mass is 227 g/mol. The fourth-order valence-corrected chi connectivity index (χ4v) is 1.42. The minimum absolute atomic E-state index is 0.158. The van der Waals surface area contributed by atoms with Gasteiger partial charge in [0.25, 0.3) is 0 Å². The van der Waals surface area contributed by atoms with Gasteiger partial charge in [0, 0.05) is 6.07 Å². The van der Waals surface area contributed by atoms with Crippen LogP contribution in [0.5, 0.6) is 0 Å². The summed E-state index contributed by atoms with van der Waals surface area (Å²) in [6, 6.07) is 3.38. The van der Waals surface area contributed by atoms with Crippen molar-refractivity contribution < 1.29 is 4.42 Å². The molecule has 0 aliphatic heterocycles. The lowest BCUT2D eigenvalue weighted by Crippen LogP contribution is -2.19. The topological polar surface area (TPSA) is 64.1 Å². The van der Waals surface area contributed by atoms with Crippen LogP contribution in [0.4, 0.5) is 5.69 Å². The van der Waals surface area contributed by atoms with E-state index in [1.165, 1.54) is 6.39 Å². The molecule has 6 heteroatoms. The Bertz CT molecular complexity index is 496. The number of fused-ring (bicyclic) bond motifs is 1. The smallest absolute Gasteiger partial charge is 0.181 e. The normalized spacial score (nSPS) is 10.4. The second-order valence-corrected chi connectivity index (χ2v) is 3.49. The summed E-state index contributed by atoms with van der Waals surface area (Å²) in [5.74, 6) is 0. The number of oxazole rings is 1. The Morgan fingerprint density at radius 3 is 3.07 bits per heavy atom. The second kappa shape index (κ2) is 3.43. The van der Waals surface area contributed by atoms with E-state index in [1.54, 1.807) is 12.1 Å². The molecule has 0 bridgehead atoms. The molecule has 0 aliphatic rings. The molecule has 72 valence electrons. The molecule has 2 rings (SSSR count). The highest BCUT2D eigenvalue weighted by Gasteiger charge is 2.06. The standard InChI is InChI=1S/C8H6ClN3OS/c9-4-1-6-7(13-3-11-6)2-5(4)12-8(10)14/h1-3H,(H3,10,12,14). The van der Waals surface area contributed by atoms with Crippen molar-refractivity contribution in [3.63, 3.8) is 0 Å². The summed E-state index contributed by atoms with van der Waals surface area (Å²) < 4.78 is 5.10. The molecule has 0 unspecified atom stereocenters. The molecule has 0 spiro atoms. The number of hydrogen-bond donors (Lipinski definition) is 2. The number of hydrogen-bond acceptors (Lipinski definition) is 3. The molecule has 14 heavy (non-hydrogen) atoms. The minimum atomic E-state index is 0.158. The highest BCUT2D eigenvalue weighted by molar-refractivity contribution is 7.80. The number of nitrogens with two attached hydrogens (primary N) is 1. The third-order valence-electron chi connectivity index (χ3n) is 1.68. The van der Waals surface area contributed by atoms with E-state index in [2.05, 4.69) is 10.3 Å². The molecule has 0 saturated carbocycles. The third-order valence-corrected chi connectivity index (χ3v) is 2.09. The Balaban J connectivity index is 2.53. The van der Waals surface area contributed by atoms with E-state index in [0.717, 1.165) is 0 Å². The zero-order valence-corrected chi connectivity index (χ0v) is 8.52. The highest BCUT2D eigenvalue weighted by Crippen LogP contribution is 2.27. The SMILES string of the molecule is NC(=S)Nc1cc2ocnc2cc1Cl. The number of nitrogens with zero attached hydrogens (tertiary/aromatic N) is 1. The van der Waals surface area contributed by atoms with Crippen LogP contribution in [-0.4, -0.2) is 10.1 Å². The lowest BCUT2D eigenvalue weighted by atomic mass is 10.3. The molecule has 0 radical (unpaired) electrons. The van der Waals surface area contributed by atoms with Crippen molar-refractivity contribution in [2.24, 2.45) is 5.73 Å². The van der Waals surface area contributed by atoms with Crippen LogP contribution in [0.15, 0.2) is 22.9 Å². The van der Waals surface area contributed by atoms with Gasteiger partial charge >= 0.3 is 0 Å². The maximum absolute atomic E-state index is 5.94. The molecular weight excluding hydrogens is 222 g/mol. The molecule has 1 aromatic carbocycles. The predicted octanol–water partition coefficient (Wildman–Crippen LogP) is 2.14. The van der Waals surface area contributed by atoms with Gasteiger partial charge in [-0.1, -0.05) is 11.6 Å². The molecular formula is C8H6ClN3OS. The van der Waals surface area contributed by atoms with E-state index >= 15 is 0 Å². The summed E-state index contributed by atoms with van der Waals surface area (Å²) in [5.41, 5.74) is 7.27. The molecule has 0 saturated heterocycles. The lowest BCUT2D eigenvalue weighted by Gasteiger charge is -2.04. The zero-order chi connectivity index (χ0) is 10.1. The maximum atomic E-state index is 5.94. The van der Waals surface area contributed by atoms with Crippen molar-refractivity contribution in [2.45, 2.75) is 0 Å². The summed E-state index contributed by atoms with van der Waals surface area (Å²) in [6.07, 6.45) is 1.35. The Kier molecular flexibility index (Phi) is 2.26. The van der Waals surface area contributed by atoms with Crippen LogP contribution >= 0.6 is 23.8 Å². The van der Waals surface area contributed by atoms with Crippen molar-refractivity contribution in [3.8, 4) is 0 Å². The van der Waals surface area contributed by atoms with E-state index in [4.69, 9.17) is 34.0 Å². The molecule has 1 heterocycles. The molecule has 0 fully saturated rings. The second-order valence-electron chi connectivity index (χ2n) is 2.64. The van der Waals surface area contributed by atoms with Gasteiger partial charge in [-0.05, 0) is 18.3 Å². The summed E-state index contributed by atoms with van der Waals surface area (Å²) in [6.45, 7) is 0. The number of anilines is 1. The fourth-order valence-electron chi connectivity index (χ4n) is 1.11. The van der Waals surface area contributed by atoms with E-state index in [9.17, 15) is 0 Å². The Morgan fingerprint density at radius 2 is 2.36 bits per heavy atom. The van der Waals surface area contributed by atoms with Crippen molar-refractivity contribution >= 4 is 45.7 Å². The van der Waals surface area contributed by atoms with Gasteiger partial charge in [-0.2, -0.15) is 0 Å². The molecule has 1 aromatic heterocycles. The third kappa shape index (κ3) is 1.64. The fraction of sp³-hybridized carbons (Fsp3) is 0. The first-order chi connectivity index (χ1) is 6.66. The Morgan fingerprint density at radius 1 is 1.57 bits per heavy atom. The van der Waals surface area contributed by atoms with Crippen LogP contribution in [0.3, 0.4) is 0 Å². The average molecular weight is 228 g/mol. The van der Waals surface area contributed by atoms with Gasteiger partial charge in [-0.25, -0.2) is 4.98 Å². The van der Waals surface area contributed by atoms with E-state index in [1.807, 2.05) is 0 Å². The van der Waals surface area contributed by atoms with Crippen LogP contribution in [0, 0.1) is 0 Å². The molecule has 2 aromatic rings. The van der Waals surface area contributed by atoms with Gasteiger partial charge in [0.05, 0.1) is 10.7 Å². The van der Waals surface area contributed by atoms with Crippen molar-refractivity contribution in [1.29, 1.82) is 0 Å². The largest absolute Gasteiger partial charge is 0.443 e. The van der Waals surface area contributed by atoms with Gasteiger partial charge < -0.3 is 15.5 Å². The van der Waals surface area contributed by atoms with Crippen LogP contribution < -0.4 is 11.1 Å². The lowest BCUT2D eigenvalue weighted by molar-refractivity contribution is 0.602. The van der Waals surface area contributed by atoms with E-state index in [-0.39, 0.29) is 5.11 Å². The van der Waals surface area contributed by atoms with E-state index in [0.29, 0.717) is 21.8 Å². The molecule has 0 aliphatic carbocycles. The molecule has 3 N–H and O–H groups in total. The van der Waals surface area contributed by atoms with Gasteiger partial charge in [-0.3, -0.25) is 0 Å². The first-order valence-electron chi connectivity index (χ1n) is 3.76.